The highest BCUT2D eigenvalue weighted by Crippen LogP contribution is 2.37. The smallest absolute Gasteiger partial charge is 0.329 e. The van der Waals surface area contributed by atoms with Crippen LogP contribution < -0.4 is 11.4 Å². The highest BCUT2D eigenvalue weighted by molar-refractivity contribution is 5.81. The number of fused-ring (bicyclic) bond motifs is 1. The number of aliphatic hydroxyl groups is 1. The number of H-pyrrole nitrogens is 1. The first-order chi connectivity index (χ1) is 10.8. The number of imidazole rings is 1. The van der Waals surface area contributed by atoms with Crippen molar-refractivity contribution >= 4 is 17.0 Å². The molecule has 1 aliphatic heterocycles. The van der Waals surface area contributed by atoms with E-state index in [1.807, 2.05) is 0 Å². The standard InChI is InChI=1S/C15H23N5O3/c1-4-15(2,3)6-9-8(21)5-10(23-9)20-13-11(19-14(20)22)12(16)17-7-18-13/h7-10,21H,4-6H2,1-3H3,(H,19,22)(H2,16,17,18)/t8-,9?,10-/m1/s1. The first-order valence-corrected chi connectivity index (χ1v) is 7.86. The van der Waals surface area contributed by atoms with Gasteiger partial charge in [-0.3, -0.25) is 0 Å². The summed E-state index contributed by atoms with van der Waals surface area (Å²) in [5, 5.41) is 10.3. The Bertz CT molecular complexity index is 766. The molecule has 2 aromatic rings. The summed E-state index contributed by atoms with van der Waals surface area (Å²) in [5.41, 5.74) is 6.27. The van der Waals surface area contributed by atoms with Crippen molar-refractivity contribution in [2.24, 2.45) is 5.41 Å². The third-order valence-corrected chi connectivity index (χ3v) is 4.74. The van der Waals surface area contributed by atoms with Gasteiger partial charge < -0.3 is 20.6 Å². The lowest BCUT2D eigenvalue weighted by Gasteiger charge is -2.27. The first kappa shape index (κ1) is 15.9. The summed E-state index contributed by atoms with van der Waals surface area (Å²) in [7, 11) is 0. The Labute approximate surface area is 133 Å². The number of nitrogens with one attached hydrogen (secondary N) is 1. The molecule has 0 radical (unpaired) electrons. The molecule has 0 bridgehead atoms. The fourth-order valence-corrected chi connectivity index (χ4v) is 2.97. The lowest BCUT2D eigenvalue weighted by Crippen LogP contribution is -2.28. The molecule has 8 heteroatoms. The highest BCUT2D eigenvalue weighted by Gasteiger charge is 2.39. The molecule has 2 aromatic heterocycles. The van der Waals surface area contributed by atoms with Gasteiger partial charge in [0.25, 0.3) is 0 Å². The second-order valence-corrected chi connectivity index (χ2v) is 6.91. The van der Waals surface area contributed by atoms with Crippen molar-refractivity contribution in [1.82, 2.24) is 19.5 Å². The van der Waals surface area contributed by atoms with Gasteiger partial charge in [-0.05, 0) is 11.8 Å². The number of aliphatic hydroxyl groups excluding tert-OH is 1. The molecule has 1 unspecified atom stereocenters. The van der Waals surface area contributed by atoms with Crippen molar-refractivity contribution < 1.29 is 9.84 Å². The summed E-state index contributed by atoms with van der Waals surface area (Å²) < 4.78 is 7.39. The maximum atomic E-state index is 12.3. The molecule has 8 nitrogen and oxygen atoms in total. The SMILES string of the molecule is CCC(C)(C)CC1O[C@@H](n2c(=O)[nH]c3c(N)ncnc32)C[C@H]1O. The van der Waals surface area contributed by atoms with E-state index >= 15 is 0 Å². The topological polar surface area (TPSA) is 119 Å². The zero-order valence-electron chi connectivity index (χ0n) is 13.6. The molecule has 3 heterocycles. The zero-order valence-corrected chi connectivity index (χ0v) is 13.6. The lowest BCUT2D eigenvalue weighted by molar-refractivity contribution is -0.0388. The quantitative estimate of drug-likeness (QED) is 0.778. The average Bonchev–Trinajstić information content (AvgIpc) is 3.00. The van der Waals surface area contributed by atoms with E-state index in [2.05, 4.69) is 35.7 Å². The van der Waals surface area contributed by atoms with Crippen molar-refractivity contribution in [3.8, 4) is 0 Å². The summed E-state index contributed by atoms with van der Waals surface area (Å²) in [5.74, 6) is 0.216. The Kier molecular flexibility index (Phi) is 3.89. The van der Waals surface area contributed by atoms with E-state index in [0.29, 0.717) is 17.6 Å². The summed E-state index contributed by atoms with van der Waals surface area (Å²) >= 11 is 0. The molecule has 1 fully saturated rings. The number of anilines is 1. The zero-order chi connectivity index (χ0) is 16.8. The maximum absolute atomic E-state index is 12.3. The van der Waals surface area contributed by atoms with E-state index in [0.717, 1.165) is 12.8 Å². The molecule has 4 N–H and O–H groups in total. The van der Waals surface area contributed by atoms with Gasteiger partial charge in [0.1, 0.15) is 18.1 Å². The van der Waals surface area contributed by atoms with Gasteiger partial charge >= 0.3 is 5.69 Å². The van der Waals surface area contributed by atoms with Crippen LogP contribution in [0.3, 0.4) is 0 Å². The molecular weight excluding hydrogens is 298 g/mol. The molecule has 3 atom stereocenters. The van der Waals surface area contributed by atoms with Crippen LogP contribution in [0.2, 0.25) is 0 Å². The van der Waals surface area contributed by atoms with E-state index in [1.54, 1.807) is 0 Å². The number of ether oxygens (including phenoxy) is 1. The fraction of sp³-hybridized carbons (Fsp3) is 0.667. The van der Waals surface area contributed by atoms with E-state index in [9.17, 15) is 9.90 Å². The van der Waals surface area contributed by atoms with Gasteiger partial charge in [-0.1, -0.05) is 27.2 Å². The van der Waals surface area contributed by atoms with Crippen molar-refractivity contribution in [3.63, 3.8) is 0 Å². The van der Waals surface area contributed by atoms with E-state index in [4.69, 9.17) is 10.5 Å². The third kappa shape index (κ3) is 2.84. The van der Waals surface area contributed by atoms with Crippen LogP contribution in [0.25, 0.3) is 11.2 Å². The van der Waals surface area contributed by atoms with Gasteiger partial charge in [-0.15, -0.1) is 0 Å². The molecule has 126 valence electrons. The molecular formula is C15H23N5O3. The van der Waals surface area contributed by atoms with Gasteiger partial charge in [-0.2, -0.15) is 0 Å². The molecule has 3 rings (SSSR count). The summed E-state index contributed by atoms with van der Waals surface area (Å²) in [6.45, 7) is 6.40. The average molecular weight is 321 g/mol. The minimum atomic E-state index is -0.609. The lowest BCUT2D eigenvalue weighted by atomic mass is 9.83. The minimum Gasteiger partial charge on any atom is -0.390 e. The number of nitrogens with two attached hydrogens (primary N) is 1. The van der Waals surface area contributed by atoms with Crippen LogP contribution in [0.5, 0.6) is 0 Å². The van der Waals surface area contributed by atoms with Crippen molar-refractivity contribution in [1.29, 1.82) is 0 Å². The molecule has 1 aliphatic rings. The second kappa shape index (κ2) is 5.61. The number of aromatic amines is 1. The number of hydrogen-bond donors (Lipinski definition) is 3. The Morgan fingerprint density at radius 3 is 2.96 bits per heavy atom. The predicted molar refractivity (Wildman–Crippen MR) is 85.8 cm³/mol. The number of aromatic nitrogens is 4. The van der Waals surface area contributed by atoms with Gasteiger partial charge in [0.2, 0.25) is 0 Å². The molecule has 0 aliphatic carbocycles. The van der Waals surface area contributed by atoms with Gasteiger partial charge in [0.15, 0.2) is 11.5 Å². The summed E-state index contributed by atoms with van der Waals surface area (Å²) in [6.07, 6.45) is 1.91. The number of nitrogen functional groups attached to an aromatic ring is 1. The largest absolute Gasteiger partial charge is 0.390 e. The van der Waals surface area contributed by atoms with Crippen LogP contribution in [0.15, 0.2) is 11.1 Å². The number of rotatable bonds is 4. The van der Waals surface area contributed by atoms with Crippen LogP contribution in [-0.4, -0.2) is 36.8 Å². The van der Waals surface area contributed by atoms with Crippen LogP contribution in [-0.2, 0) is 4.74 Å². The number of nitrogens with zero attached hydrogens (tertiary/aromatic N) is 3. The molecule has 0 amide bonds. The van der Waals surface area contributed by atoms with Crippen LogP contribution in [0.1, 0.15) is 46.3 Å². The van der Waals surface area contributed by atoms with Gasteiger partial charge in [0, 0.05) is 6.42 Å². The Balaban J connectivity index is 1.91. The molecule has 0 aromatic carbocycles. The van der Waals surface area contributed by atoms with Gasteiger partial charge in [-0.25, -0.2) is 19.3 Å². The van der Waals surface area contributed by atoms with Crippen molar-refractivity contribution in [3.05, 3.63) is 16.8 Å². The maximum Gasteiger partial charge on any atom is 0.329 e. The highest BCUT2D eigenvalue weighted by atomic mass is 16.5. The fourth-order valence-electron chi connectivity index (χ4n) is 2.97. The van der Waals surface area contributed by atoms with E-state index < -0.39 is 12.3 Å². The van der Waals surface area contributed by atoms with Crippen LogP contribution in [0.4, 0.5) is 5.82 Å². The minimum absolute atomic E-state index is 0.0678. The first-order valence-electron chi connectivity index (χ1n) is 7.86. The Morgan fingerprint density at radius 1 is 1.52 bits per heavy atom. The summed E-state index contributed by atoms with van der Waals surface area (Å²) in [4.78, 5) is 22.9. The van der Waals surface area contributed by atoms with Gasteiger partial charge in [0.05, 0.1) is 12.2 Å². The molecule has 0 saturated carbocycles. The molecule has 0 spiro atoms. The normalized spacial score (nSPS) is 25.3. The van der Waals surface area contributed by atoms with Crippen molar-refractivity contribution in [2.45, 2.75) is 58.5 Å². The van der Waals surface area contributed by atoms with Crippen LogP contribution >= 0.6 is 0 Å². The Morgan fingerprint density at radius 2 is 2.26 bits per heavy atom. The monoisotopic (exact) mass is 321 g/mol. The van der Waals surface area contributed by atoms with E-state index in [1.165, 1.54) is 10.9 Å². The molecule has 23 heavy (non-hydrogen) atoms. The Hall–Kier alpha value is -1.93. The van der Waals surface area contributed by atoms with E-state index in [-0.39, 0.29) is 23.0 Å². The predicted octanol–water partition coefficient (Wildman–Crippen LogP) is 1.18. The van der Waals surface area contributed by atoms with Crippen molar-refractivity contribution in [2.75, 3.05) is 5.73 Å². The molecule has 1 saturated heterocycles. The summed E-state index contributed by atoms with van der Waals surface area (Å²) in [6, 6.07) is 0. The third-order valence-electron chi connectivity index (χ3n) is 4.74. The van der Waals surface area contributed by atoms with Crippen LogP contribution in [0, 0.1) is 5.41 Å². The second-order valence-electron chi connectivity index (χ2n) is 6.91. The number of hydrogen-bond acceptors (Lipinski definition) is 6.